The number of rotatable bonds is 6. The average molecular weight is 263 g/mol. The van der Waals surface area contributed by atoms with E-state index in [0.717, 1.165) is 38.1 Å². The molecule has 1 fully saturated rings. The van der Waals surface area contributed by atoms with Crippen LogP contribution in [-0.4, -0.2) is 41.7 Å². The predicted octanol–water partition coefficient (Wildman–Crippen LogP) is 2.31. The van der Waals surface area contributed by atoms with Crippen LogP contribution >= 0.6 is 0 Å². The maximum absolute atomic E-state index is 11.0. The van der Waals surface area contributed by atoms with Crippen molar-refractivity contribution >= 4 is 5.97 Å². The molecule has 0 amide bonds. The van der Waals surface area contributed by atoms with Crippen LogP contribution < -0.4 is 4.74 Å². The zero-order valence-corrected chi connectivity index (χ0v) is 11.3. The van der Waals surface area contributed by atoms with Crippen molar-refractivity contribution < 1.29 is 14.6 Å². The SMILES string of the molecule is Cc1cccc(OCCCN2CCCC2C(=O)O)c1. The minimum Gasteiger partial charge on any atom is -0.494 e. The molecule has 0 saturated carbocycles. The molecule has 0 spiro atoms. The molecule has 104 valence electrons. The monoisotopic (exact) mass is 263 g/mol. The fourth-order valence-electron chi connectivity index (χ4n) is 2.54. The molecule has 0 aromatic heterocycles. The van der Waals surface area contributed by atoms with Crippen LogP contribution in [0.3, 0.4) is 0 Å². The first-order valence-corrected chi connectivity index (χ1v) is 6.83. The van der Waals surface area contributed by atoms with Gasteiger partial charge in [-0.1, -0.05) is 12.1 Å². The molecule has 4 heteroatoms. The molecule has 2 rings (SSSR count). The van der Waals surface area contributed by atoms with Gasteiger partial charge in [0.15, 0.2) is 0 Å². The van der Waals surface area contributed by atoms with Gasteiger partial charge in [-0.05, 0) is 50.4 Å². The topological polar surface area (TPSA) is 49.8 Å². The standard InChI is InChI=1S/C15H21NO3/c1-12-5-2-6-13(11-12)19-10-4-9-16-8-3-7-14(16)15(17)18/h2,5-6,11,14H,3-4,7-10H2,1H3,(H,17,18). The van der Waals surface area contributed by atoms with Crippen molar-refractivity contribution in [3.63, 3.8) is 0 Å². The lowest BCUT2D eigenvalue weighted by Crippen LogP contribution is -2.36. The molecule has 1 saturated heterocycles. The number of nitrogens with zero attached hydrogens (tertiary/aromatic N) is 1. The van der Waals surface area contributed by atoms with E-state index in [1.165, 1.54) is 5.56 Å². The second-order valence-corrected chi connectivity index (χ2v) is 5.05. The Kier molecular flexibility index (Phi) is 4.80. The van der Waals surface area contributed by atoms with Gasteiger partial charge < -0.3 is 9.84 Å². The van der Waals surface area contributed by atoms with Crippen molar-refractivity contribution in [3.8, 4) is 5.75 Å². The summed E-state index contributed by atoms with van der Waals surface area (Å²) in [7, 11) is 0. The number of likely N-dealkylation sites (tertiary alicyclic amines) is 1. The summed E-state index contributed by atoms with van der Waals surface area (Å²) < 4.78 is 5.67. The van der Waals surface area contributed by atoms with E-state index in [4.69, 9.17) is 9.84 Å². The molecule has 1 aliphatic heterocycles. The molecule has 0 aliphatic carbocycles. The summed E-state index contributed by atoms with van der Waals surface area (Å²) >= 11 is 0. The Bertz CT molecular complexity index is 433. The molecule has 1 atom stereocenters. The molecule has 1 aliphatic rings. The fraction of sp³-hybridized carbons (Fsp3) is 0.533. The molecule has 1 heterocycles. The van der Waals surface area contributed by atoms with E-state index >= 15 is 0 Å². The first kappa shape index (κ1) is 13.9. The summed E-state index contributed by atoms with van der Waals surface area (Å²) in [5.41, 5.74) is 1.18. The number of hydrogen-bond donors (Lipinski definition) is 1. The molecule has 1 N–H and O–H groups in total. The highest BCUT2D eigenvalue weighted by atomic mass is 16.5. The fourth-order valence-corrected chi connectivity index (χ4v) is 2.54. The molecular weight excluding hydrogens is 242 g/mol. The molecular formula is C15H21NO3. The van der Waals surface area contributed by atoms with Gasteiger partial charge in [-0.15, -0.1) is 0 Å². The summed E-state index contributed by atoms with van der Waals surface area (Å²) in [6, 6.07) is 7.68. The molecule has 1 unspecified atom stereocenters. The molecule has 1 aromatic rings. The largest absolute Gasteiger partial charge is 0.494 e. The molecule has 1 aromatic carbocycles. The van der Waals surface area contributed by atoms with Crippen LogP contribution in [0, 0.1) is 6.92 Å². The van der Waals surface area contributed by atoms with Crippen LogP contribution in [0.4, 0.5) is 0 Å². The molecule has 0 bridgehead atoms. The number of carbonyl (C=O) groups is 1. The van der Waals surface area contributed by atoms with Crippen LogP contribution in [0.2, 0.25) is 0 Å². The Labute approximate surface area is 114 Å². The number of carboxylic acids is 1. The quantitative estimate of drug-likeness (QED) is 0.800. The number of aryl methyl sites for hydroxylation is 1. The van der Waals surface area contributed by atoms with Crippen LogP contribution in [0.5, 0.6) is 5.75 Å². The lowest BCUT2D eigenvalue weighted by atomic mass is 10.2. The van der Waals surface area contributed by atoms with Crippen LogP contribution in [0.1, 0.15) is 24.8 Å². The third-order valence-electron chi connectivity index (χ3n) is 3.50. The van der Waals surface area contributed by atoms with Crippen molar-refractivity contribution in [2.75, 3.05) is 19.7 Å². The maximum atomic E-state index is 11.0. The van der Waals surface area contributed by atoms with E-state index in [9.17, 15) is 4.79 Å². The van der Waals surface area contributed by atoms with E-state index in [-0.39, 0.29) is 6.04 Å². The van der Waals surface area contributed by atoms with Crippen molar-refractivity contribution in [3.05, 3.63) is 29.8 Å². The van der Waals surface area contributed by atoms with Gasteiger partial charge in [-0.3, -0.25) is 9.69 Å². The normalized spacial score (nSPS) is 19.5. The number of benzene rings is 1. The zero-order valence-electron chi connectivity index (χ0n) is 11.3. The number of carboxylic acid groups (broad SMARTS) is 1. The van der Waals surface area contributed by atoms with Crippen LogP contribution in [0.25, 0.3) is 0 Å². The number of aliphatic carboxylic acids is 1. The van der Waals surface area contributed by atoms with Crippen molar-refractivity contribution in [2.24, 2.45) is 0 Å². The molecule has 4 nitrogen and oxygen atoms in total. The van der Waals surface area contributed by atoms with Crippen LogP contribution in [-0.2, 0) is 4.79 Å². The Balaban J connectivity index is 1.71. The van der Waals surface area contributed by atoms with Gasteiger partial charge in [0.25, 0.3) is 0 Å². The Hall–Kier alpha value is -1.55. The summed E-state index contributed by atoms with van der Waals surface area (Å²) in [6.07, 6.45) is 2.61. The summed E-state index contributed by atoms with van der Waals surface area (Å²) in [5, 5.41) is 9.08. The second kappa shape index (κ2) is 6.57. The van der Waals surface area contributed by atoms with Crippen molar-refractivity contribution in [2.45, 2.75) is 32.2 Å². The Morgan fingerprint density at radius 2 is 2.37 bits per heavy atom. The highest BCUT2D eigenvalue weighted by Crippen LogP contribution is 2.18. The Morgan fingerprint density at radius 3 is 3.11 bits per heavy atom. The van der Waals surface area contributed by atoms with E-state index in [1.807, 2.05) is 36.1 Å². The van der Waals surface area contributed by atoms with E-state index in [1.54, 1.807) is 0 Å². The lowest BCUT2D eigenvalue weighted by molar-refractivity contribution is -0.142. The van der Waals surface area contributed by atoms with E-state index < -0.39 is 5.97 Å². The van der Waals surface area contributed by atoms with Gasteiger partial charge in [-0.25, -0.2) is 0 Å². The van der Waals surface area contributed by atoms with Gasteiger partial charge in [0.1, 0.15) is 11.8 Å². The number of ether oxygens (including phenoxy) is 1. The minimum absolute atomic E-state index is 0.293. The smallest absolute Gasteiger partial charge is 0.320 e. The van der Waals surface area contributed by atoms with Crippen molar-refractivity contribution in [1.82, 2.24) is 4.90 Å². The van der Waals surface area contributed by atoms with Gasteiger partial charge in [-0.2, -0.15) is 0 Å². The molecule has 19 heavy (non-hydrogen) atoms. The van der Waals surface area contributed by atoms with Gasteiger partial charge in [0, 0.05) is 6.54 Å². The van der Waals surface area contributed by atoms with E-state index in [2.05, 4.69) is 0 Å². The summed E-state index contributed by atoms with van der Waals surface area (Å²) in [5.74, 6) is 0.188. The highest BCUT2D eigenvalue weighted by Gasteiger charge is 2.29. The Morgan fingerprint density at radius 1 is 1.53 bits per heavy atom. The third kappa shape index (κ3) is 3.96. The van der Waals surface area contributed by atoms with Crippen LogP contribution in [0.15, 0.2) is 24.3 Å². The highest BCUT2D eigenvalue weighted by molar-refractivity contribution is 5.73. The van der Waals surface area contributed by atoms with E-state index in [0.29, 0.717) is 6.61 Å². The maximum Gasteiger partial charge on any atom is 0.320 e. The average Bonchev–Trinajstić information content (AvgIpc) is 2.83. The predicted molar refractivity (Wildman–Crippen MR) is 73.5 cm³/mol. The van der Waals surface area contributed by atoms with Gasteiger partial charge >= 0.3 is 5.97 Å². The first-order chi connectivity index (χ1) is 9.16. The number of hydrogen-bond acceptors (Lipinski definition) is 3. The first-order valence-electron chi connectivity index (χ1n) is 6.83. The summed E-state index contributed by atoms with van der Waals surface area (Å²) in [6.45, 7) is 4.35. The zero-order chi connectivity index (χ0) is 13.7. The van der Waals surface area contributed by atoms with Gasteiger partial charge in [0.05, 0.1) is 6.61 Å². The summed E-state index contributed by atoms with van der Waals surface area (Å²) in [4.78, 5) is 13.1. The van der Waals surface area contributed by atoms with Crippen molar-refractivity contribution in [1.29, 1.82) is 0 Å². The van der Waals surface area contributed by atoms with Gasteiger partial charge in [0.2, 0.25) is 0 Å². The third-order valence-corrected chi connectivity index (χ3v) is 3.50. The lowest BCUT2D eigenvalue weighted by Gasteiger charge is -2.20. The minimum atomic E-state index is -0.697. The second-order valence-electron chi connectivity index (χ2n) is 5.05. The molecule has 0 radical (unpaired) electrons.